The Morgan fingerprint density at radius 1 is 1.00 bits per heavy atom. The van der Waals surface area contributed by atoms with Crippen LogP contribution in [-0.2, 0) is 17.7 Å². The predicted octanol–water partition coefficient (Wildman–Crippen LogP) is 4.49. The molecule has 0 aliphatic carbocycles. The van der Waals surface area contributed by atoms with Crippen LogP contribution in [0.15, 0.2) is 59.6 Å². The van der Waals surface area contributed by atoms with E-state index in [-0.39, 0.29) is 29.8 Å². The van der Waals surface area contributed by atoms with Crippen molar-refractivity contribution < 1.29 is 9.13 Å². The van der Waals surface area contributed by atoms with Crippen molar-refractivity contribution in [3.8, 4) is 0 Å². The van der Waals surface area contributed by atoms with Crippen LogP contribution in [0, 0.1) is 5.82 Å². The number of halogens is 2. The van der Waals surface area contributed by atoms with Gasteiger partial charge in [0, 0.05) is 33.8 Å². The van der Waals surface area contributed by atoms with E-state index in [0.717, 1.165) is 50.5 Å². The summed E-state index contributed by atoms with van der Waals surface area (Å²) in [5.74, 6) is 0.624. The highest BCUT2D eigenvalue weighted by Gasteiger charge is 2.06. The highest BCUT2D eigenvalue weighted by atomic mass is 127. The van der Waals surface area contributed by atoms with Crippen LogP contribution in [0.3, 0.4) is 0 Å². The molecule has 0 unspecified atom stereocenters. The predicted molar refractivity (Wildman–Crippen MR) is 125 cm³/mol. The highest BCUT2D eigenvalue weighted by Crippen LogP contribution is 2.06. The first-order valence-electron chi connectivity index (χ1n) is 9.47. The molecule has 154 valence electrons. The second-order valence-corrected chi connectivity index (χ2v) is 6.51. The molecule has 0 atom stereocenters. The van der Waals surface area contributed by atoms with Crippen LogP contribution in [0.2, 0.25) is 0 Å². The van der Waals surface area contributed by atoms with Crippen molar-refractivity contribution in [2.24, 2.45) is 4.99 Å². The van der Waals surface area contributed by atoms with Gasteiger partial charge in [0.25, 0.3) is 0 Å². The van der Waals surface area contributed by atoms with Gasteiger partial charge < -0.3 is 15.0 Å². The average Bonchev–Trinajstić information content (AvgIpc) is 2.69. The van der Waals surface area contributed by atoms with Gasteiger partial charge in [0.1, 0.15) is 5.82 Å². The maximum absolute atomic E-state index is 13.0. The zero-order valence-corrected chi connectivity index (χ0v) is 19.1. The van der Waals surface area contributed by atoms with Gasteiger partial charge in [-0.2, -0.15) is 0 Å². The van der Waals surface area contributed by atoms with Crippen LogP contribution in [0.5, 0.6) is 0 Å². The highest BCUT2D eigenvalue weighted by molar-refractivity contribution is 14.0. The topological polar surface area (TPSA) is 36.9 Å². The van der Waals surface area contributed by atoms with Gasteiger partial charge in [0.05, 0.1) is 6.61 Å². The fourth-order valence-corrected chi connectivity index (χ4v) is 2.79. The summed E-state index contributed by atoms with van der Waals surface area (Å²) < 4.78 is 18.7. The zero-order chi connectivity index (χ0) is 19.3. The molecule has 2 aromatic carbocycles. The zero-order valence-electron chi connectivity index (χ0n) is 16.7. The van der Waals surface area contributed by atoms with Gasteiger partial charge in [0.15, 0.2) is 5.96 Å². The molecule has 28 heavy (non-hydrogen) atoms. The number of hydrogen-bond acceptors (Lipinski definition) is 2. The van der Waals surface area contributed by atoms with Crippen LogP contribution in [0.1, 0.15) is 24.0 Å². The number of unbranched alkanes of at least 4 members (excludes halogenated alkanes) is 1. The van der Waals surface area contributed by atoms with E-state index in [1.165, 1.54) is 17.7 Å². The molecule has 2 rings (SSSR count). The van der Waals surface area contributed by atoms with Gasteiger partial charge in [0.2, 0.25) is 0 Å². The summed E-state index contributed by atoms with van der Waals surface area (Å²) >= 11 is 0. The third-order valence-corrected chi connectivity index (χ3v) is 4.28. The van der Waals surface area contributed by atoms with E-state index in [1.807, 2.05) is 18.0 Å². The normalized spacial score (nSPS) is 11.0. The van der Waals surface area contributed by atoms with E-state index in [1.54, 1.807) is 19.2 Å². The van der Waals surface area contributed by atoms with Crippen LogP contribution in [0.25, 0.3) is 0 Å². The lowest BCUT2D eigenvalue weighted by molar-refractivity contribution is 0.133. The summed E-state index contributed by atoms with van der Waals surface area (Å²) in [6.07, 6.45) is 3.00. The van der Waals surface area contributed by atoms with Gasteiger partial charge in [-0.3, -0.25) is 4.99 Å². The van der Waals surface area contributed by atoms with Crippen LogP contribution >= 0.6 is 24.0 Å². The molecule has 0 saturated carbocycles. The van der Waals surface area contributed by atoms with E-state index in [4.69, 9.17) is 4.74 Å². The first-order chi connectivity index (χ1) is 13.2. The Bertz CT molecular complexity index is 680. The second kappa shape index (κ2) is 14.3. The molecular formula is C22H31FIN3O. The van der Waals surface area contributed by atoms with Gasteiger partial charge in [-0.1, -0.05) is 42.5 Å². The third kappa shape index (κ3) is 9.50. The minimum atomic E-state index is -0.213. The average molecular weight is 499 g/mol. The van der Waals surface area contributed by atoms with Crippen molar-refractivity contribution >= 4 is 29.9 Å². The van der Waals surface area contributed by atoms with E-state index in [9.17, 15) is 4.39 Å². The Balaban J connectivity index is 0.00000392. The lowest BCUT2D eigenvalue weighted by atomic mass is 10.2. The first-order valence-corrected chi connectivity index (χ1v) is 9.47. The fraction of sp³-hybridized carbons (Fsp3) is 0.409. The molecule has 0 bridgehead atoms. The van der Waals surface area contributed by atoms with E-state index >= 15 is 0 Å². The molecule has 0 aromatic heterocycles. The first kappa shape index (κ1) is 24.4. The van der Waals surface area contributed by atoms with Gasteiger partial charge in [-0.05, 0) is 42.5 Å². The lowest BCUT2D eigenvalue weighted by Gasteiger charge is -2.22. The molecule has 0 aliphatic rings. The Labute approximate surface area is 185 Å². The summed E-state index contributed by atoms with van der Waals surface area (Å²) in [7, 11) is 3.75. The molecule has 4 nitrogen and oxygen atoms in total. The summed E-state index contributed by atoms with van der Waals surface area (Å²) in [5, 5.41) is 3.36. The minimum Gasteiger partial charge on any atom is -0.381 e. The number of guanidine groups is 1. The smallest absolute Gasteiger partial charge is 0.193 e. The molecule has 0 spiro atoms. The van der Waals surface area contributed by atoms with Crippen molar-refractivity contribution in [1.82, 2.24) is 10.2 Å². The monoisotopic (exact) mass is 499 g/mol. The molecule has 0 radical (unpaired) electrons. The molecule has 1 N–H and O–H groups in total. The number of benzene rings is 2. The van der Waals surface area contributed by atoms with Crippen molar-refractivity contribution in [3.05, 3.63) is 71.5 Å². The Hall–Kier alpha value is -1.67. The molecule has 0 amide bonds. The lowest BCUT2D eigenvalue weighted by Crippen LogP contribution is -2.38. The van der Waals surface area contributed by atoms with Gasteiger partial charge in [-0.25, -0.2) is 4.39 Å². The van der Waals surface area contributed by atoms with E-state index in [2.05, 4.69) is 34.6 Å². The van der Waals surface area contributed by atoms with Crippen LogP contribution in [-0.4, -0.2) is 44.7 Å². The maximum atomic E-state index is 13.0. The third-order valence-electron chi connectivity index (χ3n) is 4.28. The summed E-state index contributed by atoms with van der Waals surface area (Å²) in [6.45, 7) is 3.07. The number of nitrogens with zero attached hydrogens (tertiary/aromatic N) is 2. The summed E-state index contributed by atoms with van der Waals surface area (Å²) in [4.78, 5) is 6.34. The molecular weight excluding hydrogens is 468 g/mol. The SMILES string of the molecule is CN=C(NCCCCOCCc1ccccc1)N(C)Cc1ccc(F)cc1.I. The van der Waals surface area contributed by atoms with E-state index < -0.39 is 0 Å². The van der Waals surface area contributed by atoms with Crippen LogP contribution in [0.4, 0.5) is 4.39 Å². The van der Waals surface area contributed by atoms with Gasteiger partial charge >= 0.3 is 0 Å². The Kier molecular flexibility index (Phi) is 12.5. The summed E-state index contributed by atoms with van der Waals surface area (Å²) in [6, 6.07) is 17.0. The number of rotatable bonds is 10. The van der Waals surface area contributed by atoms with Gasteiger partial charge in [-0.15, -0.1) is 24.0 Å². The second-order valence-electron chi connectivity index (χ2n) is 6.51. The molecule has 0 aliphatic heterocycles. The number of ether oxygens (including phenoxy) is 1. The molecule has 6 heteroatoms. The standard InChI is InChI=1S/C22H30FN3O.HI/c1-24-22(26(2)18-20-10-12-21(23)13-11-20)25-15-6-7-16-27-17-14-19-8-4-3-5-9-19;/h3-5,8-13H,6-7,14-18H2,1-2H3,(H,24,25);1H. The number of hydrogen-bond donors (Lipinski definition) is 1. The Morgan fingerprint density at radius 2 is 1.71 bits per heavy atom. The van der Waals surface area contributed by atoms with Crippen LogP contribution < -0.4 is 5.32 Å². The molecule has 0 heterocycles. The number of nitrogens with one attached hydrogen (secondary N) is 1. The molecule has 0 saturated heterocycles. The van der Waals surface area contributed by atoms with Crippen molar-refractivity contribution in [2.75, 3.05) is 33.9 Å². The Morgan fingerprint density at radius 3 is 2.39 bits per heavy atom. The fourth-order valence-electron chi connectivity index (χ4n) is 2.79. The largest absolute Gasteiger partial charge is 0.381 e. The molecule has 2 aromatic rings. The van der Waals surface area contributed by atoms with Crippen molar-refractivity contribution in [1.29, 1.82) is 0 Å². The number of aliphatic imine (C=N–C) groups is 1. The minimum absolute atomic E-state index is 0. The van der Waals surface area contributed by atoms with E-state index in [0.29, 0.717) is 6.54 Å². The quantitative estimate of drug-likeness (QED) is 0.227. The summed E-state index contributed by atoms with van der Waals surface area (Å²) in [5.41, 5.74) is 2.36. The molecule has 0 fully saturated rings. The maximum Gasteiger partial charge on any atom is 0.193 e. The van der Waals surface area contributed by atoms with Crippen molar-refractivity contribution in [2.45, 2.75) is 25.8 Å². The van der Waals surface area contributed by atoms with Crippen molar-refractivity contribution in [3.63, 3.8) is 0 Å².